The zero-order valence-electron chi connectivity index (χ0n) is 16.1. The molecular weight excluding hydrogens is 394 g/mol. The summed E-state index contributed by atoms with van der Waals surface area (Å²) in [4.78, 5) is 28.7. The summed E-state index contributed by atoms with van der Waals surface area (Å²) < 4.78 is 6.88. The van der Waals surface area contributed by atoms with Gasteiger partial charge in [0, 0.05) is 17.3 Å². The molecule has 0 saturated carbocycles. The molecule has 4 aromatic rings. The van der Waals surface area contributed by atoms with E-state index < -0.39 is 12.1 Å². The van der Waals surface area contributed by atoms with Crippen molar-refractivity contribution in [2.75, 3.05) is 5.32 Å². The molecule has 0 aliphatic carbocycles. The third-order valence-electron chi connectivity index (χ3n) is 5.05. The van der Waals surface area contributed by atoms with Gasteiger partial charge in [-0.1, -0.05) is 30.3 Å². The topological polar surface area (TPSA) is 109 Å². The number of fused-ring (bicyclic) bond motifs is 2. The maximum Gasteiger partial charge on any atom is 0.339 e. The van der Waals surface area contributed by atoms with E-state index in [1.54, 1.807) is 53.2 Å². The van der Waals surface area contributed by atoms with Gasteiger partial charge in [0.25, 0.3) is 0 Å². The molecule has 150 valence electrons. The second-order valence-corrected chi connectivity index (χ2v) is 7.08. The van der Waals surface area contributed by atoms with E-state index in [0.29, 0.717) is 22.3 Å². The highest BCUT2D eigenvalue weighted by Gasteiger charge is 2.32. The van der Waals surface area contributed by atoms with Crippen LogP contribution in [-0.2, 0) is 9.53 Å². The van der Waals surface area contributed by atoms with Crippen LogP contribution in [-0.4, -0.2) is 26.5 Å². The number of pyridine rings is 1. The molecule has 0 radical (unpaired) electrons. The quantitative estimate of drug-likeness (QED) is 0.517. The molecule has 3 heterocycles. The number of esters is 1. The van der Waals surface area contributed by atoms with E-state index in [4.69, 9.17) is 10.00 Å². The number of rotatable bonds is 4. The highest BCUT2D eigenvalue weighted by atomic mass is 16.5. The summed E-state index contributed by atoms with van der Waals surface area (Å²) in [5.41, 5.74) is 4.06. The number of anilines is 1. The fourth-order valence-electron chi connectivity index (χ4n) is 3.59. The van der Waals surface area contributed by atoms with Crippen molar-refractivity contribution in [1.29, 1.82) is 5.26 Å². The minimum absolute atomic E-state index is 0.0233. The summed E-state index contributed by atoms with van der Waals surface area (Å²) in [7, 11) is 0. The number of carbonyl (C=O) groups excluding carboxylic acids is 2. The molecule has 1 N–H and O–H groups in total. The van der Waals surface area contributed by atoms with Crippen LogP contribution in [0.25, 0.3) is 16.8 Å². The van der Waals surface area contributed by atoms with Gasteiger partial charge in [-0.05, 0) is 35.9 Å². The molecule has 1 atom stereocenters. The van der Waals surface area contributed by atoms with E-state index in [-0.39, 0.29) is 18.3 Å². The van der Waals surface area contributed by atoms with Gasteiger partial charge in [-0.25, -0.2) is 9.31 Å². The van der Waals surface area contributed by atoms with E-state index in [2.05, 4.69) is 21.5 Å². The number of ether oxygens (including phenoxy) is 1. The van der Waals surface area contributed by atoms with Crippen molar-refractivity contribution in [1.82, 2.24) is 14.6 Å². The third-order valence-corrected chi connectivity index (χ3v) is 5.05. The molecule has 8 heteroatoms. The molecule has 1 amide bonds. The monoisotopic (exact) mass is 409 g/mol. The lowest BCUT2D eigenvalue weighted by Gasteiger charge is -2.09. The molecule has 0 fully saturated rings. The first-order valence-electron chi connectivity index (χ1n) is 9.57. The summed E-state index contributed by atoms with van der Waals surface area (Å²) in [6.07, 6.45) is 1.13. The van der Waals surface area contributed by atoms with Crippen molar-refractivity contribution in [3.8, 4) is 17.2 Å². The third kappa shape index (κ3) is 3.49. The molecule has 5 rings (SSSR count). The fraction of sp³-hybridized carbons (Fsp3) is 0.0870. The first kappa shape index (κ1) is 18.5. The van der Waals surface area contributed by atoms with Crippen LogP contribution in [0, 0.1) is 11.3 Å². The van der Waals surface area contributed by atoms with Gasteiger partial charge in [0.2, 0.25) is 11.9 Å². The van der Waals surface area contributed by atoms with Gasteiger partial charge in [0.05, 0.1) is 23.6 Å². The number of cyclic esters (lactones) is 1. The van der Waals surface area contributed by atoms with Crippen LogP contribution in [0.4, 0.5) is 5.95 Å². The molecule has 2 aromatic carbocycles. The zero-order chi connectivity index (χ0) is 21.4. The second kappa shape index (κ2) is 7.39. The van der Waals surface area contributed by atoms with Crippen molar-refractivity contribution in [3.63, 3.8) is 0 Å². The lowest BCUT2D eigenvalue weighted by molar-refractivity contribution is -0.118. The van der Waals surface area contributed by atoms with E-state index >= 15 is 0 Å². The highest BCUT2D eigenvalue weighted by Crippen LogP contribution is 2.32. The number of nitriles is 1. The van der Waals surface area contributed by atoms with Crippen molar-refractivity contribution >= 4 is 23.5 Å². The Kier molecular flexibility index (Phi) is 4.41. The van der Waals surface area contributed by atoms with Gasteiger partial charge in [-0.3, -0.25) is 10.1 Å². The van der Waals surface area contributed by atoms with E-state index in [1.165, 1.54) is 0 Å². The van der Waals surface area contributed by atoms with Gasteiger partial charge < -0.3 is 4.74 Å². The predicted octanol–water partition coefficient (Wildman–Crippen LogP) is 3.51. The van der Waals surface area contributed by atoms with Crippen LogP contribution in [0.15, 0.2) is 66.9 Å². The maximum atomic E-state index is 12.5. The first-order chi connectivity index (χ1) is 15.1. The van der Waals surface area contributed by atoms with E-state index in [0.717, 1.165) is 11.1 Å². The first-order valence-corrected chi connectivity index (χ1v) is 9.57. The van der Waals surface area contributed by atoms with Gasteiger partial charge in [0.1, 0.15) is 6.10 Å². The number of amides is 1. The summed E-state index contributed by atoms with van der Waals surface area (Å²) in [6, 6.07) is 20.1. The van der Waals surface area contributed by atoms with Crippen molar-refractivity contribution < 1.29 is 14.3 Å². The van der Waals surface area contributed by atoms with Crippen molar-refractivity contribution in [2.24, 2.45) is 0 Å². The minimum Gasteiger partial charge on any atom is -0.453 e. The molecule has 31 heavy (non-hydrogen) atoms. The highest BCUT2D eigenvalue weighted by molar-refractivity contribution is 5.96. The van der Waals surface area contributed by atoms with Crippen molar-refractivity contribution in [2.45, 2.75) is 12.5 Å². The molecule has 1 aliphatic heterocycles. The Morgan fingerprint density at radius 2 is 2.00 bits per heavy atom. The van der Waals surface area contributed by atoms with Gasteiger partial charge in [0.15, 0.2) is 5.65 Å². The van der Waals surface area contributed by atoms with Gasteiger partial charge in [-0.15, -0.1) is 5.10 Å². The smallest absolute Gasteiger partial charge is 0.339 e. The Balaban J connectivity index is 1.34. The molecule has 0 saturated heterocycles. The number of benzene rings is 2. The van der Waals surface area contributed by atoms with Crippen LogP contribution >= 0.6 is 0 Å². The summed E-state index contributed by atoms with van der Waals surface area (Å²) >= 11 is 0. The summed E-state index contributed by atoms with van der Waals surface area (Å²) in [5, 5.41) is 16.1. The molecular formula is C23H15N5O3. The fourth-order valence-corrected chi connectivity index (χ4v) is 3.59. The Bertz CT molecular complexity index is 1390. The number of nitrogens with zero attached hydrogens (tertiary/aromatic N) is 4. The summed E-state index contributed by atoms with van der Waals surface area (Å²) in [6.45, 7) is 0. The SMILES string of the molecule is N#Cc1cccc(-c2ccc3nc(NC(=O)C[C@H]4OC(=O)c5ccccc54)nn3c2)c1. The Morgan fingerprint density at radius 3 is 2.87 bits per heavy atom. The lowest BCUT2D eigenvalue weighted by atomic mass is 10.0. The number of hydrogen-bond donors (Lipinski definition) is 1. The van der Waals surface area contributed by atoms with Crippen LogP contribution < -0.4 is 5.32 Å². The minimum atomic E-state index is -0.625. The molecule has 0 spiro atoms. The van der Waals surface area contributed by atoms with Crippen LogP contribution in [0.3, 0.4) is 0 Å². The van der Waals surface area contributed by atoms with Gasteiger partial charge in [-0.2, -0.15) is 10.2 Å². The number of nitrogens with one attached hydrogen (secondary N) is 1. The number of carbonyl (C=O) groups is 2. The predicted molar refractivity (Wildman–Crippen MR) is 111 cm³/mol. The van der Waals surface area contributed by atoms with Gasteiger partial charge >= 0.3 is 5.97 Å². The normalized spacial score (nSPS) is 14.7. The zero-order valence-corrected chi connectivity index (χ0v) is 16.1. The summed E-state index contributed by atoms with van der Waals surface area (Å²) in [5.74, 6) is -0.620. The molecule has 2 aromatic heterocycles. The average molecular weight is 409 g/mol. The van der Waals surface area contributed by atoms with E-state index in [9.17, 15) is 9.59 Å². The average Bonchev–Trinajstić information content (AvgIpc) is 3.33. The lowest BCUT2D eigenvalue weighted by Crippen LogP contribution is -2.16. The Hall–Kier alpha value is -4.51. The molecule has 8 nitrogen and oxygen atoms in total. The largest absolute Gasteiger partial charge is 0.453 e. The van der Waals surface area contributed by atoms with Crippen LogP contribution in [0.5, 0.6) is 0 Å². The Labute approximate surface area is 176 Å². The standard InChI is InChI=1S/C23H15N5O3/c24-12-14-4-3-5-15(10-14)16-8-9-20-25-23(27-28(20)13-16)26-21(29)11-19-17-6-1-2-7-18(17)22(30)31-19/h1-10,13,19H,11H2,(H,26,27,29)/t19-/m1/s1. The molecule has 0 bridgehead atoms. The molecule has 0 unspecified atom stereocenters. The maximum absolute atomic E-state index is 12.5. The number of hydrogen-bond acceptors (Lipinski definition) is 6. The van der Waals surface area contributed by atoms with Crippen LogP contribution in [0.2, 0.25) is 0 Å². The molecule has 1 aliphatic rings. The second-order valence-electron chi connectivity index (χ2n) is 7.08. The van der Waals surface area contributed by atoms with E-state index in [1.807, 2.05) is 18.2 Å². The number of aromatic nitrogens is 3. The van der Waals surface area contributed by atoms with Crippen LogP contribution in [0.1, 0.15) is 34.0 Å². The Morgan fingerprint density at radius 1 is 1.13 bits per heavy atom. The van der Waals surface area contributed by atoms with Crippen molar-refractivity contribution in [3.05, 3.63) is 83.6 Å².